The molecule has 3 heteroatoms. The first-order valence-corrected chi connectivity index (χ1v) is 11.4. The van der Waals surface area contributed by atoms with Gasteiger partial charge in [0, 0.05) is 11.8 Å². The van der Waals surface area contributed by atoms with E-state index in [1.165, 1.54) is 51.4 Å². The number of esters is 1. The number of allylic oxidation sites excluding steroid dienone is 2. The van der Waals surface area contributed by atoms with E-state index >= 15 is 0 Å². The second kappa shape index (κ2) is 12.4. The Kier molecular flexibility index (Phi) is 10.2. The summed E-state index contributed by atoms with van der Waals surface area (Å²) in [5, 5.41) is 10.1. The molecule has 154 valence electrons. The van der Waals surface area contributed by atoms with E-state index in [1.54, 1.807) is 0 Å². The molecule has 1 unspecified atom stereocenters. The van der Waals surface area contributed by atoms with Crippen molar-refractivity contribution >= 4 is 5.97 Å². The highest BCUT2D eigenvalue weighted by molar-refractivity contribution is 5.70. The van der Waals surface area contributed by atoms with Crippen LogP contribution in [0, 0.1) is 5.41 Å². The van der Waals surface area contributed by atoms with Crippen LogP contribution < -0.4 is 0 Å². The maximum absolute atomic E-state index is 11.8. The van der Waals surface area contributed by atoms with Gasteiger partial charge < -0.3 is 9.84 Å². The Bertz CT molecular complexity index is 474. The minimum atomic E-state index is -0.351. The zero-order chi connectivity index (χ0) is 19.4. The fourth-order valence-electron chi connectivity index (χ4n) is 4.59. The third-order valence-electron chi connectivity index (χ3n) is 6.27. The van der Waals surface area contributed by atoms with Gasteiger partial charge in [0.1, 0.15) is 6.10 Å². The van der Waals surface area contributed by atoms with Gasteiger partial charge in [0.25, 0.3) is 0 Å². The van der Waals surface area contributed by atoms with E-state index in [-0.39, 0.29) is 23.6 Å². The number of hydrogen-bond acceptors (Lipinski definition) is 3. The molecule has 2 atom stereocenters. The average molecular weight is 377 g/mol. The van der Waals surface area contributed by atoms with Crippen molar-refractivity contribution in [3.63, 3.8) is 0 Å². The van der Waals surface area contributed by atoms with E-state index in [4.69, 9.17) is 4.74 Å². The number of rotatable bonds is 11. The van der Waals surface area contributed by atoms with E-state index in [0.717, 1.165) is 38.5 Å². The van der Waals surface area contributed by atoms with Crippen LogP contribution in [0.3, 0.4) is 0 Å². The van der Waals surface area contributed by atoms with Crippen molar-refractivity contribution in [3.8, 4) is 0 Å². The molecule has 0 radical (unpaired) electrons. The van der Waals surface area contributed by atoms with Crippen molar-refractivity contribution in [2.45, 2.75) is 115 Å². The molecule has 1 aliphatic heterocycles. The summed E-state index contributed by atoms with van der Waals surface area (Å²) in [7, 11) is 0. The molecule has 2 aliphatic rings. The Labute approximate surface area is 166 Å². The predicted molar refractivity (Wildman–Crippen MR) is 112 cm³/mol. The lowest BCUT2D eigenvalue weighted by Gasteiger charge is -2.42. The normalized spacial score (nSPS) is 24.4. The summed E-state index contributed by atoms with van der Waals surface area (Å²) in [5.74, 6) is -0.0329. The molecule has 2 rings (SSSR count). The van der Waals surface area contributed by atoms with Crippen molar-refractivity contribution in [1.29, 1.82) is 0 Å². The number of aliphatic hydroxyl groups excluding tert-OH is 1. The number of aliphatic hydroxyl groups is 1. The zero-order valence-corrected chi connectivity index (χ0v) is 17.3. The van der Waals surface area contributed by atoms with E-state index in [0.29, 0.717) is 6.42 Å². The van der Waals surface area contributed by atoms with Gasteiger partial charge in [0.2, 0.25) is 0 Å². The molecule has 0 bridgehead atoms. The lowest BCUT2D eigenvalue weighted by atomic mass is 9.68. The van der Waals surface area contributed by atoms with Crippen LogP contribution in [0.2, 0.25) is 0 Å². The van der Waals surface area contributed by atoms with E-state index < -0.39 is 0 Å². The monoisotopic (exact) mass is 376 g/mol. The molecule has 0 aromatic carbocycles. The maximum atomic E-state index is 11.8. The third-order valence-corrected chi connectivity index (χ3v) is 6.27. The zero-order valence-electron chi connectivity index (χ0n) is 17.3. The average Bonchev–Trinajstić information content (AvgIpc) is 2.69. The van der Waals surface area contributed by atoms with Gasteiger partial charge in [0.15, 0.2) is 0 Å². The lowest BCUT2D eigenvalue weighted by Crippen LogP contribution is -2.41. The molecular weight excluding hydrogens is 336 g/mol. The van der Waals surface area contributed by atoms with Gasteiger partial charge in [-0.05, 0) is 32.1 Å². The predicted octanol–water partition coefficient (Wildman–Crippen LogP) is 6.26. The van der Waals surface area contributed by atoms with E-state index in [1.807, 2.05) is 12.2 Å². The quantitative estimate of drug-likeness (QED) is 0.263. The molecule has 27 heavy (non-hydrogen) atoms. The van der Waals surface area contributed by atoms with Gasteiger partial charge in [-0.15, -0.1) is 0 Å². The summed E-state index contributed by atoms with van der Waals surface area (Å²) in [6, 6.07) is 0. The van der Waals surface area contributed by atoms with Gasteiger partial charge in [-0.3, -0.25) is 4.79 Å². The van der Waals surface area contributed by atoms with Crippen LogP contribution in [0.25, 0.3) is 0 Å². The van der Waals surface area contributed by atoms with Gasteiger partial charge in [-0.25, -0.2) is 0 Å². The fourth-order valence-corrected chi connectivity index (χ4v) is 4.59. The minimum absolute atomic E-state index is 0.00288. The molecule has 0 spiro atoms. The first-order valence-electron chi connectivity index (χ1n) is 11.4. The second-order valence-electron chi connectivity index (χ2n) is 8.53. The Balaban J connectivity index is 1.79. The molecule has 1 aliphatic carbocycles. The lowest BCUT2D eigenvalue weighted by molar-refractivity contribution is -0.161. The molecule has 3 nitrogen and oxygen atoms in total. The summed E-state index contributed by atoms with van der Waals surface area (Å²) < 4.78 is 5.74. The molecular formula is C24H40O3. The molecule has 0 amide bonds. The Morgan fingerprint density at radius 1 is 1.07 bits per heavy atom. The summed E-state index contributed by atoms with van der Waals surface area (Å²) >= 11 is 0. The van der Waals surface area contributed by atoms with Crippen LogP contribution in [0.1, 0.15) is 103 Å². The summed E-state index contributed by atoms with van der Waals surface area (Å²) in [6.45, 7) is 2.23. The summed E-state index contributed by atoms with van der Waals surface area (Å²) in [4.78, 5) is 11.8. The number of unbranched alkanes of at least 4 members (excludes halogenated alkanes) is 5. The van der Waals surface area contributed by atoms with E-state index in [2.05, 4.69) is 19.1 Å². The third kappa shape index (κ3) is 7.81. The smallest absolute Gasteiger partial charge is 0.306 e. The van der Waals surface area contributed by atoms with Crippen molar-refractivity contribution < 1.29 is 14.6 Å². The number of carbonyl (C=O) groups is 1. The summed E-state index contributed by atoms with van der Waals surface area (Å²) in [5.41, 5.74) is 0.00288. The van der Waals surface area contributed by atoms with Gasteiger partial charge in [0.05, 0.1) is 6.10 Å². The first kappa shape index (κ1) is 22.2. The minimum Gasteiger partial charge on any atom is -0.461 e. The highest BCUT2D eigenvalue weighted by Gasteiger charge is 2.41. The van der Waals surface area contributed by atoms with Crippen molar-refractivity contribution in [1.82, 2.24) is 0 Å². The number of cyclic esters (lactones) is 1. The van der Waals surface area contributed by atoms with Crippen LogP contribution in [0.5, 0.6) is 0 Å². The van der Waals surface area contributed by atoms with Crippen molar-refractivity contribution in [2.75, 3.05) is 0 Å². The van der Waals surface area contributed by atoms with E-state index in [9.17, 15) is 9.90 Å². The van der Waals surface area contributed by atoms with Crippen LogP contribution in [0.15, 0.2) is 24.3 Å². The van der Waals surface area contributed by atoms with Gasteiger partial charge in [-0.2, -0.15) is 0 Å². The second-order valence-corrected chi connectivity index (χ2v) is 8.53. The van der Waals surface area contributed by atoms with Crippen molar-refractivity contribution in [2.24, 2.45) is 5.41 Å². The Hall–Kier alpha value is -1.09. The first-order chi connectivity index (χ1) is 13.2. The standard InChI is InChI=1S/C24H40O3/c1-2-3-4-5-6-8-14-21(25)15-9-12-20-24(18-10-7-11-19-24)22-16-13-17-23(26)27-22/h9,12,15,20-22,25H,2-8,10-11,13-14,16-19H2,1H3/b15-9+,20-12+/t21?,22-/m0/s1. The van der Waals surface area contributed by atoms with Gasteiger partial charge >= 0.3 is 5.97 Å². The molecule has 1 heterocycles. The number of hydrogen-bond donors (Lipinski definition) is 1. The van der Waals surface area contributed by atoms with Crippen LogP contribution in [0.4, 0.5) is 0 Å². The Morgan fingerprint density at radius 2 is 1.81 bits per heavy atom. The molecule has 1 saturated heterocycles. The van der Waals surface area contributed by atoms with Crippen LogP contribution in [-0.4, -0.2) is 23.3 Å². The molecule has 1 N–H and O–H groups in total. The van der Waals surface area contributed by atoms with Gasteiger partial charge in [-0.1, -0.05) is 89.0 Å². The topological polar surface area (TPSA) is 46.5 Å². The molecule has 0 aromatic rings. The molecule has 0 aromatic heterocycles. The SMILES string of the molecule is CCCCCCCCC(O)/C=C/C=C/C1([C@@H]2CCCC(=O)O2)CCCCC1. The van der Waals surface area contributed by atoms with Crippen LogP contribution in [-0.2, 0) is 9.53 Å². The fraction of sp³-hybridized carbons (Fsp3) is 0.792. The highest BCUT2D eigenvalue weighted by atomic mass is 16.5. The Morgan fingerprint density at radius 3 is 2.56 bits per heavy atom. The highest BCUT2D eigenvalue weighted by Crippen LogP contribution is 2.44. The number of ether oxygens (including phenoxy) is 1. The van der Waals surface area contributed by atoms with Crippen LogP contribution >= 0.6 is 0 Å². The maximum Gasteiger partial charge on any atom is 0.306 e. The molecule has 2 fully saturated rings. The number of carbonyl (C=O) groups excluding carboxylic acids is 1. The molecule has 1 saturated carbocycles. The largest absolute Gasteiger partial charge is 0.461 e. The summed E-state index contributed by atoms with van der Waals surface area (Å²) in [6.07, 6.45) is 24.7. The van der Waals surface area contributed by atoms with Crippen molar-refractivity contribution in [3.05, 3.63) is 24.3 Å².